The zero-order valence-corrected chi connectivity index (χ0v) is 9.67. The maximum absolute atomic E-state index is 10.1. The van der Waals surface area contributed by atoms with Crippen LogP contribution in [0.25, 0.3) is 0 Å². The summed E-state index contributed by atoms with van der Waals surface area (Å²) in [6.07, 6.45) is 2.81. The van der Waals surface area contributed by atoms with Crippen molar-refractivity contribution >= 4 is 15.9 Å². The van der Waals surface area contributed by atoms with Crippen LogP contribution in [0, 0.1) is 0 Å². The summed E-state index contributed by atoms with van der Waals surface area (Å²) in [4.78, 5) is 0. The fraction of sp³-hybridized carbons (Fsp3) is 0.455. The third kappa shape index (κ3) is 1.66. The van der Waals surface area contributed by atoms with Crippen molar-refractivity contribution < 1.29 is 9.84 Å². The Morgan fingerprint density at radius 2 is 2.07 bits per heavy atom. The third-order valence-corrected chi connectivity index (χ3v) is 3.28. The van der Waals surface area contributed by atoms with Gasteiger partial charge in [-0.1, -0.05) is 15.9 Å². The normalized spacial score (nSPS) is 18.8. The molecule has 0 radical (unpaired) electrons. The molecule has 3 heteroatoms. The molecule has 0 unspecified atom stereocenters. The Morgan fingerprint density at radius 3 is 2.57 bits per heavy atom. The van der Waals surface area contributed by atoms with Gasteiger partial charge in [0.1, 0.15) is 5.75 Å². The van der Waals surface area contributed by atoms with Crippen molar-refractivity contribution in [2.24, 2.45) is 0 Å². The monoisotopic (exact) mass is 256 g/mol. The summed E-state index contributed by atoms with van der Waals surface area (Å²) in [6.45, 7) is 0. The van der Waals surface area contributed by atoms with Gasteiger partial charge in [-0.2, -0.15) is 0 Å². The second-order valence-electron chi connectivity index (χ2n) is 3.76. The Kier molecular flexibility index (Phi) is 2.54. The van der Waals surface area contributed by atoms with E-state index in [0.717, 1.165) is 35.0 Å². The van der Waals surface area contributed by atoms with Crippen molar-refractivity contribution in [3.8, 4) is 5.75 Å². The lowest BCUT2D eigenvalue weighted by Gasteiger charge is -2.37. The SMILES string of the molecule is COc1cc(Br)cc(C2(O)CCC2)c1. The van der Waals surface area contributed by atoms with Gasteiger partial charge in [-0.05, 0) is 43.0 Å². The zero-order chi connectivity index (χ0) is 10.2. The molecule has 0 aromatic heterocycles. The van der Waals surface area contributed by atoms with Gasteiger partial charge in [-0.15, -0.1) is 0 Å². The second-order valence-corrected chi connectivity index (χ2v) is 4.68. The number of benzene rings is 1. The van der Waals surface area contributed by atoms with Crippen LogP contribution >= 0.6 is 15.9 Å². The summed E-state index contributed by atoms with van der Waals surface area (Å²) in [5, 5.41) is 10.1. The largest absolute Gasteiger partial charge is 0.497 e. The lowest BCUT2D eigenvalue weighted by atomic mass is 9.75. The van der Waals surface area contributed by atoms with Crippen molar-refractivity contribution in [1.29, 1.82) is 0 Å². The number of aliphatic hydroxyl groups is 1. The van der Waals surface area contributed by atoms with Crippen LogP contribution in [0.4, 0.5) is 0 Å². The Morgan fingerprint density at radius 1 is 1.36 bits per heavy atom. The van der Waals surface area contributed by atoms with Gasteiger partial charge in [0, 0.05) is 4.47 Å². The van der Waals surface area contributed by atoms with Crippen molar-refractivity contribution in [1.82, 2.24) is 0 Å². The minimum absolute atomic E-state index is 0.614. The molecule has 14 heavy (non-hydrogen) atoms. The van der Waals surface area contributed by atoms with Gasteiger partial charge >= 0.3 is 0 Å². The second kappa shape index (κ2) is 3.55. The van der Waals surface area contributed by atoms with E-state index in [2.05, 4.69) is 15.9 Å². The third-order valence-electron chi connectivity index (χ3n) is 2.83. The fourth-order valence-corrected chi connectivity index (χ4v) is 2.22. The lowest BCUT2D eigenvalue weighted by molar-refractivity contribution is -0.0389. The predicted octanol–water partition coefficient (Wildman–Crippen LogP) is 2.83. The number of methoxy groups -OCH3 is 1. The van der Waals surface area contributed by atoms with Crippen molar-refractivity contribution in [2.45, 2.75) is 24.9 Å². The summed E-state index contributed by atoms with van der Waals surface area (Å²) in [5.41, 5.74) is 0.340. The average molecular weight is 257 g/mol. The minimum atomic E-state index is -0.614. The molecule has 2 nitrogen and oxygen atoms in total. The highest BCUT2D eigenvalue weighted by atomic mass is 79.9. The van der Waals surface area contributed by atoms with E-state index < -0.39 is 5.60 Å². The highest BCUT2D eigenvalue weighted by molar-refractivity contribution is 9.10. The Hall–Kier alpha value is -0.540. The number of rotatable bonds is 2. The maximum Gasteiger partial charge on any atom is 0.120 e. The number of hydrogen-bond acceptors (Lipinski definition) is 2. The first-order valence-electron chi connectivity index (χ1n) is 4.71. The van der Waals surface area contributed by atoms with E-state index in [4.69, 9.17) is 4.74 Å². The number of hydrogen-bond donors (Lipinski definition) is 1. The van der Waals surface area contributed by atoms with Crippen LogP contribution in [0.1, 0.15) is 24.8 Å². The van der Waals surface area contributed by atoms with Crippen LogP contribution in [0.3, 0.4) is 0 Å². The van der Waals surface area contributed by atoms with Crippen LogP contribution < -0.4 is 4.74 Å². The molecular formula is C11H13BrO2. The molecule has 0 heterocycles. The molecule has 2 rings (SSSR count). The standard InChI is InChI=1S/C11H13BrO2/c1-14-10-6-8(5-9(12)7-10)11(13)3-2-4-11/h5-7,13H,2-4H2,1H3. The average Bonchev–Trinajstić information content (AvgIpc) is 2.13. The van der Waals surface area contributed by atoms with Crippen molar-refractivity contribution in [3.63, 3.8) is 0 Å². The molecule has 0 aliphatic heterocycles. The van der Waals surface area contributed by atoms with E-state index in [1.807, 2.05) is 18.2 Å². The Bertz CT molecular complexity index is 345. The molecule has 1 aromatic rings. The molecule has 0 amide bonds. The fourth-order valence-electron chi connectivity index (χ4n) is 1.75. The van der Waals surface area contributed by atoms with Gasteiger partial charge < -0.3 is 9.84 Å². The summed E-state index contributed by atoms with van der Waals surface area (Å²) in [7, 11) is 1.64. The first kappa shape index (κ1) is 9.99. The summed E-state index contributed by atoms with van der Waals surface area (Å²) >= 11 is 3.41. The van der Waals surface area contributed by atoms with Crippen molar-refractivity contribution in [2.75, 3.05) is 7.11 Å². The molecule has 1 aromatic carbocycles. The maximum atomic E-state index is 10.1. The molecule has 1 N–H and O–H groups in total. The molecule has 1 fully saturated rings. The van der Waals surface area contributed by atoms with Crippen LogP contribution in [-0.4, -0.2) is 12.2 Å². The van der Waals surface area contributed by atoms with E-state index in [1.165, 1.54) is 0 Å². The molecule has 1 saturated carbocycles. The number of ether oxygens (including phenoxy) is 1. The van der Waals surface area contributed by atoms with Gasteiger partial charge in [-0.3, -0.25) is 0 Å². The Balaban J connectivity index is 2.37. The van der Waals surface area contributed by atoms with Gasteiger partial charge in [-0.25, -0.2) is 0 Å². The van der Waals surface area contributed by atoms with Crippen LogP contribution in [0.5, 0.6) is 5.75 Å². The van der Waals surface area contributed by atoms with E-state index >= 15 is 0 Å². The van der Waals surface area contributed by atoms with Gasteiger partial charge in [0.05, 0.1) is 12.7 Å². The predicted molar refractivity (Wildman–Crippen MR) is 58.4 cm³/mol. The molecule has 0 saturated heterocycles. The molecular weight excluding hydrogens is 244 g/mol. The molecule has 1 aliphatic rings. The topological polar surface area (TPSA) is 29.5 Å². The summed E-state index contributed by atoms with van der Waals surface area (Å²) in [5.74, 6) is 0.787. The van der Waals surface area contributed by atoms with E-state index in [0.29, 0.717) is 0 Å². The zero-order valence-electron chi connectivity index (χ0n) is 8.09. The van der Waals surface area contributed by atoms with Gasteiger partial charge in [0.15, 0.2) is 0 Å². The van der Waals surface area contributed by atoms with Crippen molar-refractivity contribution in [3.05, 3.63) is 28.2 Å². The first-order chi connectivity index (χ1) is 6.64. The van der Waals surface area contributed by atoms with E-state index in [1.54, 1.807) is 7.11 Å². The van der Waals surface area contributed by atoms with Gasteiger partial charge in [0.2, 0.25) is 0 Å². The quantitative estimate of drug-likeness (QED) is 0.882. The van der Waals surface area contributed by atoms with Crippen LogP contribution in [0.2, 0.25) is 0 Å². The number of halogens is 1. The van der Waals surface area contributed by atoms with E-state index in [-0.39, 0.29) is 0 Å². The summed E-state index contributed by atoms with van der Waals surface area (Å²) in [6, 6.07) is 5.76. The highest BCUT2D eigenvalue weighted by Crippen LogP contribution is 2.42. The Labute approximate surface area is 92.0 Å². The van der Waals surface area contributed by atoms with E-state index in [9.17, 15) is 5.11 Å². The molecule has 1 aliphatic carbocycles. The molecule has 0 bridgehead atoms. The highest BCUT2D eigenvalue weighted by Gasteiger charge is 2.36. The smallest absolute Gasteiger partial charge is 0.120 e. The van der Waals surface area contributed by atoms with Crippen LogP contribution in [0.15, 0.2) is 22.7 Å². The van der Waals surface area contributed by atoms with Gasteiger partial charge in [0.25, 0.3) is 0 Å². The minimum Gasteiger partial charge on any atom is -0.497 e. The van der Waals surface area contributed by atoms with Crippen LogP contribution in [-0.2, 0) is 5.60 Å². The summed E-state index contributed by atoms with van der Waals surface area (Å²) < 4.78 is 6.11. The molecule has 0 spiro atoms. The molecule has 76 valence electrons. The first-order valence-corrected chi connectivity index (χ1v) is 5.51. The molecule has 0 atom stereocenters. The lowest BCUT2D eigenvalue weighted by Crippen LogP contribution is -2.33.